The van der Waals surface area contributed by atoms with Crippen molar-refractivity contribution in [2.45, 2.75) is 24.9 Å². The molecule has 1 aromatic heterocycles. The van der Waals surface area contributed by atoms with E-state index in [2.05, 4.69) is 4.98 Å². The number of hydrogen-bond acceptors (Lipinski definition) is 4. The fraction of sp³-hybridized carbons (Fsp3) is 0.200. The molecule has 0 saturated heterocycles. The van der Waals surface area contributed by atoms with Crippen molar-refractivity contribution in [3.63, 3.8) is 0 Å². The van der Waals surface area contributed by atoms with E-state index in [9.17, 15) is 9.59 Å². The zero-order chi connectivity index (χ0) is 19.8. The summed E-state index contributed by atoms with van der Waals surface area (Å²) in [6.45, 7) is 0. The Morgan fingerprint density at radius 3 is 2.04 bits per heavy atom. The van der Waals surface area contributed by atoms with Crippen LogP contribution in [0.4, 0.5) is 0 Å². The van der Waals surface area contributed by atoms with Gasteiger partial charge in [-0.3, -0.25) is 9.59 Å². The first-order valence-corrected chi connectivity index (χ1v) is 8.44. The highest BCUT2D eigenvalue weighted by atomic mass is 16.4. The number of nitrogens with one attached hydrogen (secondary N) is 1. The number of benzene rings is 2. The highest BCUT2D eigenvalue weighted by molar-refractivity contribution is 5.84. The van der Waals surface area contributed by atoms with E-state index in [4.69, 9.17) is 21.7 Å². The molecule has 0 aliphatic carbocycles. The van der Waals surface area contributed by atoms with E-state index >= 15 is 0 Å². The van der Waals surface area contributed by atoms with Crippen LogP contribution in [0.1, 0.15) is 11.1 Å². The highest BCUT2D eigenvalue weighted by Crippen LogP contribution is 2.18. The third-order valence-corrected chi connectivity index (χ3v) is 4.05. The number of carboxylic acids is 2. The number of carbonyl (C=O) groups is 2. The fourth-order valence-electron chi connectivity index (χ4n) is 2.58. The zero-order valence-electron chi connectivity index (χ0n) is 14.7. The number of aromatic amines is 1. The highest BCUT2D eigenvalue weighted by Gasteiger charge is 2.14. The van der Waals surface area contributed by atoms with Crippen LogP contribution in [0.25, 0.3) is 10.9 Å². The molecule has 0 aliphatic rings. The average Bonchev–Trinajstić information content (AvgIpc) is 3.06. The molecule has 0 spiro atoms. The molecule has 0 radical (unpaired) electrons. The SMILES string of the molecule is NC(Cc1c[nH]c2ccccc12)C(=O)O.NC(Cc1ccccc1)C(=O)O. The summed E-state index contributed by atoms with van der Waals surface area (Å²) in [5, 5.41) is 18.3. The molecular formula is C20H23N3O4. The van der Waals surface area contributed by atoms with Crippen LogP contribution in [0, 0.1) is 0 Å². The van der Waals surface area contributed by atoms with Crippen LogP contribution in [0.5, 0.6) is 0 Å². The van der Waals surface area contributed by atoms with E-state index < -0.39 is 24.0 Å². The van der Waals surface area contributed by atoms with Crippen molar-refractivity contribution in [1.82, 2.24) is 4.98 Å². The molecule has 2 atom stereocenters. The number of aliphatic carboxylic acids is 2. The molecule has 0 bridgehead atoms. The molecule has 2 unspecified atom stereocenters. The number of para-hydroxylation sites is 1. The second-order valence-electron chi connectivity index (χ2n) is 6.14. The standard InChI is InChI=1S/C11H12N2O2.C9H11NO2/c12-9(11(14)15)5-7-6-13-10-4-2-1-3-8(7)10;10-8(9(11)12)6-7-4-2-1-3-5-7/h1-4,6,9,13H,5,12H2,(H,14,15);1-5,8H,6,10H2,(H,11,12). The third-order valence-electron chi connectivity index (χ3n) is 4.05. The smallest absolute Gasteiger partial charge is 0.320 e. The van der Waals surface area contributed by atoms with Crippen LogP contribution in [-0.4, -0.2) is 39.2 Å². The first kappa shape index (κ1) is 20.2. The normalized spacial score (nSPS) is 12.7. The van der Waals surface area contributed by atoms with Crippen LogP contribution >= 0.6 is 0 Å². The van der Waals surface area contributed by atoms with Crippen LogP contribution in [0.15, 0.2) is 60.8 Å². The van der Waals surface area contributed by atoms with Gasteiger partial charge in [0.2, 0.25) is 0 Å². The average molecular weight is 369 g/mol. The third kappa shape index (κ3) is 5.95. The second-order valence-corrected chi connectivity index (χ2v) is 6.14. The number of carboxylic acid groups (broad SMARTS) is 2. The Balaban J connectivity index is 0.000000199. The first-order chi connectivity index (χ1) is 12.9. The van der Waals surface area contributed by atoms with Crippen molar-refractivity contribution in [3.05, 3.63) is 71.9 Å². The summed E-state index contributed by atoms with van der Waals surface area (Å²) >= 11 is 0. The Bertz CT molecular complexity index is 892. The largest absolute Gasteiger partial charge is 0.480 e. The summed E-state index contributed by atoms with van der Waals surface area (Å²) in [4.78, 5) is 24.1. The van der Waals surface area contributed by atoms with E-state index in [1.54, 1.807) is 0 Å². The van der Waals surface area contributed by atoms with Crippen LogP contribution in [0.3, 0.4) is 0 Å². The molecular weight excluding hydrogens is 346 g/mol. The van der Waals surface area contributed by atoms with Gasteiger partial charge < -0.3 is 26.7 Å². The molecule has 0 amide bonds. The Labute approximate surface area is 156 Å². The lowest BCUT2D eigenvalue weighted by Crippen LogP contribution is -2.32. The fourth-order valence-corrected chi connectivity index (χ4v) is 2.58. The van der Waals surface area contributed by atoms with Gasteiger partial charge >= 0.3 is 11.9 Å². The molecule has 142 valence electrons. The summed E-state index contributed by atoms with van der Waals surface area (Å²) < 4.78 is 0. The van der Waals surface area contributed by atoms with Gasteiger partial charge in [-0.25, -0.2) is 0 Å². The summed E-state index contributed by atoms with van der Waals surface area (Å²) in [6, 6.07) is 15.5. The number of aromatic nitrogens is 1. The summed E-state index contributed by atoms with van der Waals surface area (Å²) in [6.07, 6.45) is 2.54. The summed E-state index contributed by atoms with van der Waals surface area (Å²) in [7, 11) is 0. The van der Waals surface area contributed by atoms with Gasteiger partial charge in [0.05, 0.1) is 0 Å². The monoisotopic (exact) mass is 369 g/mol. The van der Waals surface area contributed by atoms with E-state index in [1.807, 2.05) is 60.8 Å². The van der Waals surface area contributed by atoms with Crippen LogP contribution in [0.2, 0.25) is 0 Å². The topological polar surface area (TPSA) is 142 Å². The van der Waals surface area contributed by atoms with Crippen molar-refractivity contribution in [1.29, 1.82) is 0 Å². The Hall–Kier alpha value is -3.16. The van der Waals surface area contributed by atoms with Crippen molar-refractivity contribution >= 4 is 22.8 Å². The van der Waals surface area contributed by atoms with Crippen molar-refractivity contribution in [2.24, 2.45) is 11.5 Å². The van der Waals surface area contributed by atoms with Gasteiger partial charge in [0.15, 0.2) is 0 Å². The van der Waals surface area contributed by atoms with Crippen LogP contribution < -0.4 is 11.5 Å². The number of nitrogens with two attached hydrogens (primary N) is 2. The number of H-pyrrole nitrogens is 1. The van der Waals surface area contributed by atoms with Gasteiger partial charge in [-0.05, 0) is 23.6 Å². The summed E-state index contributed by atoms with van der Waals surface area (Å²) in [5.41, 5.74) is 13.7. The van der Waals surface area contributed by atoms with Gasteiger partial charge in [-0.2, -0.15) is 0 Å². The maximum atomic E-state index is 10.6. The minimum absolute atomic E-state index is 0.347. The maximum Gasteiger partial charge on any atom is 0.320 e. The molecule has 0 fully saturated rings. The van der Waals surface area contributed by atoms with Gasteiger partial charge in [-0.1, -0.05) is 48.5 Å². The van der Waals surface area contributed by atoms with E-state index in [0.29, 0.717) is 12.8 Å². The van der Waals surface area contributed by atoms with Gasteiger partial charge in [0.25, 0.3) is 0 Å². The minimum Gasteiger partial charge on any atom is -0.480 e. The minimum atomic E-state index is -0.972. The van der Waals surface area contributed by atoms with Gasteiger partial charge in [0, 0.05) is 23.5 Å². The van der Waals surface area contributed by atoms with Gasteiger partial charge in [0.1, 0.15) is 12.1 Å². The zero-order valence-corrected chi connectivity index (χ0v) is 14.7. The maximum absolute atomic E-state index is 10.6. The predicted molar refractivity (Wildman–Crippen MR) is 103 cm³/mol. The van der Waals surface area contributed by atoms with Crippen molar-refractivity contribution < 1.29 is 19.8 Å². The molecule has 7 N–H and O–H groups in total. The lowest BCUT2D eigenvalue weighted by atomic mass is 10.1. The molecule has 7 heteroatoms. The Morgan fingerprint density at radius 1 is 0.852 bits per heavy atom. The lowest BCUT2D eigenvalue weighted by molar-refractivity contribution is -0.139. The second kappa shape index (κ2) is 9.51. The van der Waals surface area contributed by atoms with E-state index in [1.165, 1.54) is 0 Å². The molecule has 27 heavy (non-hydrogen) atoms. The van der Waals surface area contributed by atoms with E-state index in [-0.39, 0.29) is 0 Å². The molecule has 1 heterocycles. The van der Waals surface area contributed by atoms with Crippen molar-refractivity contribution in [2.75, 3.05) is 0 Å². The van der Waals surface area contributed by atoms with Crippen molar-refractivity contribution in [3.8, 4) is 0 Å². The quantitative estimate of drug-likeness (QED) is 0.448. The molecule has 0 aliphatic heterocycles. The molecule has 3 rings (SSSR count). The lowest BCUT2D eigenvalue weighted by Gasteiger charge is -2.04. The Kier molecular flexibility index (Phi) is 7.10. The number of fused-ring (bicyclic) bond motifs is 1. The first-order valence-electron chi connectivity index (χ1n) is 8.44. The molecule has 2 aromatic carbocycles. The summed E-state index contributed by atoms with van der Waals surface area (Å²) in [5.74, 6) is -1.93. The van der Waals surface area contributed by atoms with Gasteiger partial charge in [-0.15, -0.1) is 0 Å². The molecule has 3 aromatic rings. The number of hydrogen-bond donors (Lipinski definition) is 5. The number of rotatable bonds is 6. The molecule has 0 saturated carbocycles. The molecule has 7 nitrogen and oxygen atoms in total. The van der Waals surface area contributed by atoms with Crippen LogP contribution in [-0.2, 0) is 22.4 Å². The predicted octanol–water partition coefficient (Wildman–Crippen LogP) is 1.76. The van der Waals surface area contributed by atoms with E-state index in [0.717, 1.165) is 22.0 Å². The Morgan fingerprint density at radius 2 is 1.41 bits per heavy atom.